The summed E-state index contributed by atoms with van der Waals surface area (Å²) in [6.45, 7) is 3.59. The topological polar surface area (TPSA) is 95.9 Å². The number of carbonyl (C=O) groups is 2. The molecule has 0 spiro atoms. The second-order valence-electron chi connectivity index (χ2n) is 4.10. The van der Waals surface area contributed by atoms with Crippen molar-refractivity contribution in [3.63, 3.8) is 0 Å². The molecule has 0 fully saturated rings. The minimum Gasteiger partial charge on any atom is -0.481 e. The minimum absolute atomic E-state index is 0.219. The first-order chi connectivity index (χ1) is 7.90. The summed E-state index contributed by atoms with van der Waals surface area (Å²) in [6.07, 6.45) is -0.235. The summed E-state index contributed by atoms with van der Waals surface area (Å²) in [5.41, 5.74) is 0. The Kier molecular flexibility index (Phi) is 7.49. The van der Waals surface area contributed by atoms with E-state index in [1.165, 1.54) is 14.0 Å². The molecule has 100 valence electrons. The zero-order valence-corrected chi connectivity index (χ0v) is 10.5. The van der Waals surface area contributed by atoms with Gasteiger partial charge < -0.3 is 20.3 Å². The molecule has 0 aliphatic rings. The van der Waals surface area contributed by atoms with Crippen LogP contribution in [0.2, 0.25) is 0 Å². The zero-order chi connectivity index (χ0) is 13.4. The number of rotatable bonds is 8. The molecule has 6 nitrogen and oxygen atoms in total. The Hall–Kier alpha value is -1.14. The van der Waals surface area contributed by atoms with Gasteiger partial charge in [-0.1, -0.05) is 13.8 Å². The van der Waals surface area contributed by atoms with Crippen LogP contribution in [0.4, 0.5) is 0 Å². The van der Waals surface area contributed by atoms with Gasteiger partial charge in [-0.15, -0.1) is 0 Å². The summed E-state index contributed by atoms with van der Waals surface area (Å²) in [5.74, 6) is -2.62. The van der Waals surface area contributed by atoms with E-state index in [0.29, 0.717) is 13.0 Å². The molecule has 6 heteroatoms. The van der Waals surface area contributed by atoms with Crippen LogP contribution >= 0.6 is 0 Å². The Morgan fingerprint density at radius 1 is 1.29 bits per heavy atom. The van der Waals surface area contributed by atoms with Gasteiger partial charge in [-0.2, -0.15) is 0 Å². The van der Waals surface area contributed by atoms with Crippen LogP contribution in [0.25, 0.3) is 0 Å². The van der Waals surface area contributed by atoms with Crippen LogP contribution in [0, 0.1) is 11.8 Å². The van der Waals surface area contributed by atoms with Crippen LogP contribution in [0.15, 0.2) is 0 Å². The molecule has 3 N–H and O–H groups in total. The van der Waals surface area contributed by atoms with Crippen molar-refractivity contribution in [2.24, 2.45) is 11.8 Å². The molecule has 0 aromatic carbocycles. The van der Waals surface area contributed by atoms with Crippen molar-refractivity contribution in [2.75, 3.05) is 20.3 Å². The molecule has 0 rings (SSSR count). The highest BCUT2D eigenvalue weighted by Gasteiger charge is 2.25. The monoisotopic (exact) mass is 247 g/mol. The second-order valence-corrected chi connectivity index (χ2v) is 4.10. The number of aliphatic hydroxyl groups is 1. The molecule has 17 heavy (non-hydrogen) atoms. The molecule has 0 heterocycles. The average Bonchev–Trinajstić information content (AvgIpc) is 2.27. The van der Waals surface area contributed by atoms with Gasteiger partial charge in [0.15, 0.2) is 0 Å². The van der Waals surface area contributed by atoms with E-state index < -0.39 is 23.9 Å². The van der Waals surface area contributed by atoms with Crippen molar-refractivity contribution in [3.8, 4) is 0 Å². The van der Waals surface area contributed by atoms with Gasteiger partial charge >= 0.3 is 5.97 Å². The summed E-state index contributed by atoms with van der Waals surface area (Å²) in [4.78, 5) is 22.2. The van der Waals surface area contributed by atoms with Crippen LogP contribution in [0.5, 0.6) is 0 Å². The van der Waals surface area contributed by atoms with Crippen molar-refractivity contribution in [3.05, 3.63) is 0 Å². The normalized spacial score (nSPS) is 16.0. The number of methoxy groups -OCH3 is 1. The highest BCUT2D eigenvalue weighted by molar-refractivity contribution is 5.84. The SMILES string of the molecule is COCC(O)CCNC(=O)C(C)C(C)C(=O)O. The summed E-state index contributed by atoms with van der Waals surface area (Å²) in [6, 6.07) is 0. The third-order valence-electron chi connectivity index (χ3n) is 2.69. The maximum Gasteiger partial charge on any atom is 0.307 e. The molecule has 0 saturated heterocycles. The number of amides is 1. The number of carboxylic acids is 1. The molecule has 0 aliphatic heterocycles. The lowest BCUT2D eigenvalue weighted by Gasteiger charge is -2.16. The molecule has 0 aromatic rings. The van der Waals surface area contributed by atoms with Gasteiger partial charge in [-0.05, 0) is 6.42 Å². The molecule has 3 atom stereocenters. The number of ether oxygens (including phenoxy) is 1. The van der Waals surface area contributed by atoms with Crippen LogP contribution in [-0.2, 0) is 14.3 Å². The Labute approximate surface area is 101 Å². The Morgan fingerprint density at radius 3 is 2.35 bits per heavy atom. The maximum atomic E-state index is 11.5. The molecule has 0 saturated carbocycles. The fourth-order valence-corrected chi connectivity index (χ4v) is 1.24. The molecule has 0 aromatic heterocycles. The summed E-state index contributed by atoms with van der Waals surface area (Å²) in [7, 11) is 1.48. The number of aliphatic hydroxyl groups excluding tert-OH is 1. The van der Waals surface area contributed by atoms with Gasteiger partial charge in [0.2, 0.25) is 5.91 Å². The van der Waals surface area contributed by atoms with E-state index in [0.717, 1.165) is 0 Å². The Balaban J connectivity index is 3.90. The summed E-state index contributed by atoms with van der Waals surface area (Å²) >= 11 is 0. The first-order valence-electron chi connectivity index (χ1n) is 5.57. The third kappa shape index (κ3) is 6.23. The van der Waals surface area contributed by atoms with Gasteiger partial charge in [0.05, 0.1) is 18.6 Å². The Morgan fingerprint density at radius 2 is 1.88 bits per heavy atom. The predicted octanol–water partition coefficient (Wildman–Crippen LogP) is -0.143. The standard InChI is InChI=1S/C11H21NO5/c1-7(8(2)11(15)16)10(14)12-5-4-9(13)6-17-3/h7-9,13H,4-6H2,1-3H3,(H,12,14)(H,15,16). The van der Waals surface area contributed by atoms with Crippen LogP contribution in [0.1, 0.15) is 20.3 Å². The van der Waals surface area contributed by atoms with Crippen LogP contribution in [0.3, 0.4) is 0 Å². The van der Waals surface area contributed by atoms with E-state index in [4.69, 9.17) is 9.84 Å². The average molecular weight is 247 g/mol. The number of hydrogen-bond donors (Lipinski definition) is 3. The van der Waals surface area contributed by atoms with E-state index in [-0.39, 0.29) is 12.5 Å². The molecule has 0 radical (unpaired) electrons. The number of hydrogen-bond acceptors (Lipinski definition) is 4. The van der Waals surface area contributed by atoms with E-state index in [1.54, 1.807) is 6.92 Å². The van der Waals surface area contributed by atoms with Gasteiger partial charge in [0.1, 0.15) is 0 Å². The molecule has 1 amide bonds. The van der Waals surface area contributed by atoms with Crippen LogP contribution in [-0.4, -0.2) is 48.5 Å². The predicted molar refractivity (Wildman–Crippen MR) is 61.5 cm³/mol. The van der Waals surface area contributed by atoms with Gasteiger partial charge in [-0.25, -0.2) is 0 Å². The maximum absolute atomic E-state index is 11.5. The van der Waals surface area contributed by atoms with Crippen LogP contribution < -0.4 is 5.32 Å². The van der Waals surface area contributed by atoms with E-state index in [2.05, 4.69) is 5.32 Å². The quantitative estimate of drug-likeness (QED) is 0.554. The van der Waals surface area contributed by atoms with Gasteiger partial charge in [-0.3, -0.25) is 9.59 Å². The second kappa shape index (κ2) is 8.03. The summed E-state index contributed by atoms with van der Waals surface area (Å²) < 4.78 is 4.74. The van der Waals surface area contributed by atoms with Crippen molar-refractivity contribution in [1.82, 2.24) is 5.32 Å². The molecule has 3 unspecified atom stereocenters. The zero-order valence-electron chi connectivity index (χ0n) is 10.5. The molecule has 0 bridgehead atoms. The van der Waals surface area contributed by atoms with E-state index in [9.17, 15) is 14.7 Å². The highest BCUT2D eigenvalue weighted by atomic mass is 16.5. The lowest BCUT2D eigenvalue weighted by molar-refractivity contribution is -0.146. The minimum atomic E-state index is -0.993. The van der Waals surface area contributed by atoms with E-state index in [1.807, 2.05) is 0 Å². The molecular weight excluding hydrogens is 226 g/mol. The fourth-order valence-electron chi connectivity index (χ4n) is 1.24. The number of aliphatic carboxylic acids is 1. The van der Waals surface area contributed by atoms with Gasteiger partial charge in [0, 0.05) is 19.6 Å². The molecular formula is C11H21NO5. The van der Waals surface area contributed by atoms with Crippen molar-refractivity contribution >= 4 is 11.9 Å². The number of carbonyl (C=O) groups excluding carboxylic acids is 1. The number of carboxylic acid groups (broad SMARTS) is 1. The van der Waals surface area contributed by atoms with Crippen molar-refractivity contribution in [1.29, 1.82) is 0 Å². The third-order valence-corrected chi connectivity index (χ3v) is 2.69. The lowest BCUT2D eigenvalue weighted by atomic mass is 9.95. The summed E-state index contributed by atoms with van der Waals surface area (Å²) in [5, 5.41) is 20.7. The van der Waals surface area contributed by atoms with Crippen molar-refractivity contribution < 1.29 is 24.5 Å². The van der Waals surface area contributed by atoms with Gasteiger partial charge in [0.25, 0.3) is 0 Å². The lowest BCUT2D eigenvalue weighted by Crippen LogP contribution is -2.36. The largest absolute Gasteiger partial charge is 0.481 e. The first kappa shape index (κ1) is 15.9. The smallest absolute Gasteiger partial charge is 0.307 e. The Bertz CT molecular complexity index is 256. The fraction of sp³-hybridized carbons (Fsp3) is 0.818. The van der Waals surface area contributed by atoms with Crippen molar-refractivity contribution in [2.45, 2.75) is 26.4 Å². The van der Waals surface area contributed by atoms with E-state index >= 15 is 0 Å². The first-order valence-corrected chi connectivity index (χ1v) is 5.57. The number of nitrogens with one attached hydrogen (secondary N) is 1. The molecule has 0 aliphatic carbocycles. The highest BCUT2D eigenvalue weighted by Crippen LogP contribution is 2.10.